The standard InChI is InChI=1S/C24H18FN5O/c25-19-5-3-4-17(14-19)18-7-8-21-9-10-23(29(21)16-18)30-13-11-22(28-30)24(31)27-15-20-6-1-2-12-26-20/h1-14,16H,15H2,(H,27,31). The summed E-state index contributed by atoms with van der Waals surface area (Å²) in [5, 5.41) is 7.26. The fourth-order valence-corrected chi connectivity index (χ4v) is 3.45. The zero-order chi connectivity index (χ0) is 21.2. The minimum absolute atomic E-state index is 0.272. The Kier molecular flexibility index (Phi) is 4.76. The van der Waals surface area contributed by atoms with Gasteiger partial charge in [0.05, 0.1) is 12.2 Å². The first kappa shape index (κ1) is 18.7. The second-order valence-electron chi connectivity index (χ2n) is 7.06. The zero-order valence-corrected chi connectivity index (χ0v) is 16.4. The molecule has 152 valence electrons. The molecule has 0 saturated carbocycles. The molecule has 1 N–H and O–H groups in total. The summed E-state index contributed by atoms with van der Waals surface area (Å²) < 4.78 is 17.2. The highest BCUT2D eigenvalue weighted by molar-refractivity contribution is 5.92. The summed E-state index contributed by atoms with van der Waals surface area (Å²) in [5.41, 5.74) is 3.72. The van der Waals surface area contributed by atoms with E-state index in [9.17, 15) is 9.18 Å². The number of rotatable bonds is 5. The van der Waals surface area contributed by atoms with Crippen LogP contribution >= 0.6 is 0 Å². The van der Waals surface area contributed by atoms with Gasteiger partial charge in [-0.1, -0.05) is 24.3 Å². The van der Waals surface area contributed by atoms with Gasteiger partial charge in [-0.05, 0) is 59.7 Å². The lowest BCUT2D eigenvalue weighted by atomic mass is 10.1. The molecule has 0 aliphatic rings. The van der Waals surface area contributed by atoms with Gasteiger partial charge in [0, 0.05) is 24.1 Å². The Labute approximate surface area is 177 Å². The molecule has 0 atom stereocenters. The van der Waals surface area contributed by atoms with E-state index in [4.69, 9.17) is 0 Å². The van der Waals surface area contributed by atoms with Gasteiger partial charge in [-0.3, -0.25) is 9.78 Å². The van der Waals surface area contributed by atoms with Gasteiger partial charge in [0.15, 0.2) is 5.69 Å². The number of pyridine rings is 2. The number of halogens is 1. The van der Waals surface area contributed by atoms with Crippen LogP contribution in [-0.2, 0) is 6.54 Å². The normalized spacial score (nSPS) is 11.0. The van der Waals surface area contributed by atoms with E-state index >= 15 is 0 Å². The number of nitrogens with one attached hydrogen (secondary N) is 1. The lowest BCUT2D eigenvalue weighted by molar-refractivity contribution is 0.0945. The first-order chi connectivity index (χ1) is 15.2. The van der Waals surface area contributed by atoms with Crippen molar-refractivity contribution in [3.8, 4) is 16.9 Å². The second-order valence-corrected chi connectivity index (χ2v) is 7.06. The second kappa shape index (κ2) is 7.87. The Morgan fingerprint density at radius 1 is 0.968 bits per heavy atom. The molecule has 31 heavy (non-hydrogen) atoms. The average Bonchev–Trinajstić information content (AvgIpc) is 3.45. The number of amides is 1. The molecule has 4 aromatic heterocycles. The van der Waals surface area contributed by atoms with Gasteiger partial charge in [-0.2, -0.15) is 5.10 Å². The van der Waals surface area contributed by atoms with Crippen molar-refractivity contribution in [3.05, 3.63) is 109 Å². The van der Waals surface area contributed by atoms with Crippen LogP contribution in [0.25, 0.3) is 22.5 Å². The minimum atomic E-state index is -0.279. The Morgan fingerprint density at radius 2 is 1.87 bits per heavy atom. The number of hydrogen-bond acceptors (Lipinski definition) is 3. The molecular weight excluding hydrogens is 393 g/mol. The molecule has 7 heteroatoms. The first-order valence-electron chi connectivity index (χ1n) is 9.78. The van der Waals surface area contributed by atoms with Crippen LogP contribution < -0.4 is 5.32 Å². The fourth-order valence-electron chi connectivity index (χ4n) is 3.45. The zero-order valence-electron chi connectivity index (χ0n) is 16.4. The van der Waals surface area contributed by atoms with Crippen molar-refractivity contribution in [1.82, 2.24) is 24.5 Å². The van der Waals surface area contributed by atoms with Crippen molar-refractivity contribution in [3.63, 3.8) is 0 Å². The van der Waals surface area contributed by atoms with Crippen LogP contribution in [0.3, 0.4) is 0 Å². The third-order valence-corrected chi connectivity index (χ3v) is 5.00. The van der Waals surface area contributed by atoms with Crippen LogP contribution in [0.1, 0.15) is 16.2 Å². The van der Waals surface area contributed by atoms with Crippen molar-refractivity contribution in [2.75, 3.05) is 0 Å². The topological polar surface area (TPSA) is 64.2 Å². The van der Waals surface area contributed by atoms with Gasteiger partial charge in [-0.25, -0.2) is 9.07 Å². The number of hydrogen-bond donors (Lipinski definition) is 1. The molecule has 0 fully saturated rings. The van der Waals surface area contributed by atoms with E-state index in [1.54, 1.807) is 29.2 Å². The molecular formula is C24H18FN5O. The van der Waals surface area contributed by atoms with Gasteiger partial charge in [0.1, 0.15) is 11.6 Å². The highest BCUT2D eigenvalue weighted by Crippen LogP contribution is 2.23. The van der Waals surface area contributed by atoms with E-state index in [-0.39, 0.29) is 11.7 Å². The lowest BCUT2D eigenvalue weighted by Gasteiger charge is -2.07. The van der Waals surface area contributed by atoms with Gasteiger partial charge < -0.3 is 9.72 Å². The molecule has 0 spiro atoms. The summed E-state index contributed by atoms with van der Waals surface area (Å²) in [6, 6.07) is 21.5. The van der Waals surface area contributed by atoms with Crippen molar-refractivity contribution < 1.29 is 9.18 Å². The highest BCUT2D eigenvalue weighted by Gasteiger charge is 2.12. The highest BCUT2D eigenvalue weighted by atomic mass is 19.1. The molecule has 0 saturated heterocycles. The quantitative estimate of drug-likeness (QED) is 0.470. The largest absolute Gasteiger partial charge is 0.345 e. The van der Waals surface area contributed by atoms with Gasteiger partial charge in [-0.15, -0.1) is 0 Å². The molecule has 1 aromatic carbocycles. The van der Waals surface area contributed by atoms with E-state index in [0.717, 1.165) is 28.2 Å². The van der Waals surface area contributed by atoms with Crippen LogP contribution in [0.5, 0.6) is 0 Å². The molecule has 5 rings (SSSR count). The summed E-state index contributed by atoms with van der Waals surface area (Å²) in [4.78, 5) is 16.7. The monoisotopic (exact) mass is 411 g/mol. The van der Waals surface area contributed by atoms with Crippen LogP contribution in [0, 0.1) is 5.82 Å². The van der Waals surface area contributed by atoms with Crippen molar-refractivity contribution in [1.29, 1.82) is 0 Å². The Balaban J connectivity index is 1.41. The van der Waals surface area contributed by atoms with E-state index in [1.807, 2.05) is 59.1 Å². The van der Waals surface area contributed by atoms with E-state index in [0.29, 0.717) is 12.2 Å². The molecule has 4 heterocycles. The van der Waals surface area contributed by atoms with Crippen molar-refractivity contribution >= 4 is 11.4 Å². The van der Waals surface area contributed by atoms with Crippen molar-refractivity contribution in [2.24, 2.45) is 0 Å². The number of nitrogens with zero attached hydrogens (tertiary/aromatic N) is 4. The number of carbonyl (C=O) groups is 1. The molecule has 1 amide bonds. The third kappa shape index (κ3) is 3.81. The minimum Gasteiger partial charge on any atom is -0.345 e. The summed E-state index contributed by atoms with van der Waals surface area (Å²) in [5.74, 6) is 0.224. The van der Waals surface area contributed by atoms with Crippen LogP contribution in [-0.4, -0.2) is 25.1 Å². The number of carbonyl (C=O) groups excluding carboxylic acids is 1. The Bertz CT molecular complexity index is 1370. The van der Waals surface area contributed by atoms with E-state index < -0.39 is 0 Å². The summed E-state index contributed by atoms with van der Waals surface area (Å²) in [7, 11) is 0. The lowest BCUT2D eigenvalue weighted by Crippen LogP contribution is -2.23. The van der Waals surface area contributed by atoms with Crippen LogP contribution in [0.2, 0.25) is 0 Å². The fraction of sp³-hybridized carbons (Fsp3) is 0.0417. The Hall–Kier alpha value is -4.26. The van der Waals surface area contributed by atoms with E-state index in [2.05, 4.69) is 15.4 Å². The summed E-state index contributed by atoms with van der Waals surface area (Å²) in [6.07, 6.45) is 5.36. The first-order valence-corrected chi connectivity index (χ1v) is 9.78. The molecule has 0 aliphatic heterocycles. The number of fused-ring (bicyclic) bond motifs is 1. The van der Waals surface area contributed by atoms with Gasteiger partial charge in [0.25, 0.3) is 5.91 Å². The molecule has 0 radical (unpaired) electrons. The third-order valence-electron chi connectivity index (χ3n) is 5.00. The molecule has 0 aliphatic carbocycles. The average molecular weight is 411 g/mol. The predicted molar refractivity (Wildman–Crippen MR) is 115 cm³/mol. The molecule has 5 aromatic rings. The molecule has 0 bridgehead atoms. The number of benzene rings is 1. The maximum atomic E-state index is 13.6. The van der Waals surface area contributed by atoms with Crippen LogP contribution in [0.15, 0.2) is 91.4 Å². The van der Waals surface area contributed by atoms with Crippen LogP contribution in [0.4, 0.5) is 4.39 Å². The molecule has 0 unspecified atom stereocenters. The SMILES string of the molecule is O=C(NCc1ccccn1)c1ccn(-c2ccc3ccc(-c4cccc(F)c4)cn23)n1. The predicted octanol–water partition coefficient (Wildman–Crippen LogP) is 4.26. The molecule has 6 nitrogen and oxygen atoms in total. The Morgan fingerprint density at radius 3 is 2.71 bits per heavy atom. The summed E-state index contributed by atoms with van der Waals surface area (Å²) >= 11 is 0. The smallest absolute Gasteiger partial charge is 0.272 e. The maximum absolute atomic E-state index is 13.6. The van der Waals surface area contributed by atoms with E-state index in [1.165, 1.54) is 12.1 Å². The number of aromatic nitrogens is 4. The van der Waals surface area contributed by atoms with Gasteiger partial charge >= 0.3 is 0 Å². The van der Waals surface area contributed by atoms with Crippen molar-refractivity contribution in [2.45, 2.75) is 6.54 Å². The summed E-state index contributed by atoms with van der Waals surface area (Å²) in [6.45, 7) is 0.331. The van der Waals surface area contributed by atoms with Gasteiger partial charge in [0.2, 0.25) is 0 Å². The maximum Gasteiger partial charge on any atom is 0.272 e.